The molecule has 0 unspecified atom stereocenters. The molecule has 2 aliphatic rings. The minimum Gasteiger partial charge on any atom is -0.454 e. The molecule has 1 aromatic heterocycles. The van der Waals surface area contributed by atoms with Gasteiger partial charge in [0.1, 0.15) is 18.1 Å². The number of hydrogen-bond acceptors (Lipinski definition) is 6. The van der Waals surface area contributed by atoms with Crippen molar-refractivity contribution < 1.29 is 23.4 Å². The molecule has 1 amide bonds. The molecule has 2 aliphatic heterocycles. The Morgan fingerprint density at radius 3 is 3.09 bits per heavy atom. The zero-order valence-corrected chi connectivity index (χ0v) is 12.7. The van der Waals surface area contributed by atoms with Gasteiger partial charge in [-0.3, -0.25) is 4.79 Å². The smallest absolute Gasteiger partial charge is 0.254 e. The highest BCUT2D eigenvalue weighted by atomic mass is 16.7. The summed E-state index contributed by atoms with van der Waals surface area (Å²) in [6.07, 6.45) is 0.655. The Morgan fingerprint density at radius 1 is 1.35 bits per heavy atom. The average molecular weight is 316 g/mol. The van der Waals surface area contributed by atoms with Crippen LogP contribution in [0.1, 0.15) is 27.7 Å². The van der Waals surface area contributed by atoms with Crippen LogP contribution in [0.2, 0.25) is 0 Å². The summed E-state index contributed by atoms with van der Waals surface area (Å²) in [7, 11) is 1.60. The van der Waals surface area contributed by atoms with E-state index in [0.717, 1.165) is 11.5 Å². The molecule has 0 saturated carbocycles. The fourth-order valence-corrected chi connectivity index (χ4v) is 2.82. The minimum atomic E-state index is -0.0507. The molecule has 120 valence electrons. The highest BCUT2D eigenvalue weighted by molar-refractivity contribution is 5.95. The van der Waals surface area contributed by atoms with Crippen LogP contribution in [0.25, 0.3) is 0 Å². The number of nitrogens with zero attached hydrogens (tertiary/aromatic N) is 2. The number of carbonyl (C=O) groups excluding carboxylic acids is 1. The molecule has 0 atom stereocenters. The van der Waals surface area contributed by atoms with Gasteiger partial charge in [0, 0.05) is 25.6 Å². The van der Waals surface area contributed by atoms with Crippen LogP contribution < -0.4 is 9.47 Å². The van der Waals surface area contributed by atoms with Gasteiger partial charge in [-0.15, -0.1) is 0 Å². The van der Waals surface area contributed by atoms with Crippen LogP contribution in [0.4, 0.5) is 0 Å². The lowest BCUT2D eigenvalue weighted by atomic mass is 10.1. The third kappa shape index (κ3) is 2.53. The third-order valence-electron chi connectivity index (χ3n) is 3.95. The number of aromatic nitrogens is 1. The SMILES string of the molecule is COCc1nc2c(o1)CCN(C(=O)c1ccc3c(c1)OCO3)C2. The first-order valence-electron chi connectivity index (χ1n) is 7.40. The molecular formula is C16H16N2O5. The van der Waals surface area contributed by atoms with Crippen molar-refractivity contribution in [1.29, 1.82) is 0 Å². The molecule has 0 spiro atoms. The third-order valence-corrected chi connectivity index (χ3v) is 3.95. The van der Waals surface area contributed by atoms with E-state index >= 15 is 0 Å². The standard InChI is InChI=1S/C16H16N2O5/c1-20-8-15-17-11-7-18(5-4-12(11)23-15)16(19)10-2-3-13-14(6-10)22-9-21-13/h2-3,6H,4-5,7-9H2,1H3. The molecule has 1 aromatic carbocycles. The van der Waals surface area contributed by atoms with Gasteiger partial charge in [0.25, 0.3) is 5.91 Å². The zero-order valence-electron chi connectivity index (χ0n) is 12.7. The molecule has 0 radical (unpaired) electrons. The number of amides is 1. The number of ether oxygens (including phenoxy) is 3. The lowest BCUT2D eigenvalue weighted by Gasteiger charge is -2.25. The highest BCUT2D eigenvalue weighted by Gasteiger charge is 2.27. The molecule has 0 N–H and O–H groups in total. The second-order valence-electron chi connectivity index (χ2n) is 5.46. The Kier molecular flexibility index (Phi) is 3.42. The van der Waals surface area contributed by atoms with Crippen LogP contribution in [0, 0.1) is 0 Å². The van der Waals surface area contributed by atoms with Crippen molar-refractivity contribution in [2.45, 2.75) is 19.6 Å². The van der Waals surface area contributed by atoms with Crippen molar-refractivity contribution in [2.24, 2.45) is 0 Å². The summed E-state index contributed by atoms with van der Waals surface area (Å²) >= 11 is 0. The van der Waals surface area contributed by atoms with Crippen LogP contribution >= 0.6 is 0 Å². The van der Waals surface area contributed by atoms with E-state index in [1.54, 1.807) is 30.2 Å². The maximum absolute atomic E-state index is 12.7. The van der Waals surface area contributed by atoms with Gasteiger partial charge in [-0.25, -0.2) is 4.98 Å². The molecule has 0 bridgehead atoms. The summed E-state index contributed by atoms with van der Waals surface area (Å²) in [6, 6.07) is 5.24. The van der Waals surface area contributed by atoms with Crippen molar-refractivity contribution >= 4 is 5.91 Å². The summed E-state index contributed by atoms with van der Waals surface area (Å²) in [4.78, 5) is 18.8. The van der Waals surface area contributed by atoms with E-state index in [-0.39, 0.29) is 12.7 Å². The first-order valence-corrected chi connectivity index (χ1v) is 7.40. The first kappa shape index (κ1) is 14.1. The largest absolute Gasteiger partial charge is 0.454 e. The predicted octanol–water partition coefficient (Wildman–Crippen LogP) is 1.75. The Bertz CT molecular complexity index is 755. The van der Waals surface area contributed by atoms with E-state index in [0.29, 0.717) is 49.1 Å². The highest BCUT2D eigenvalue weighted by Crippen LogP contribution is 2.33. The van der Waals surface area contributed by atoms with Gasteiger partial charge in [0.15, 0.2) is 11.5 Å². The van der Waals surface area contributed by atoms with Gasteiger partial charge in [-0.05, 0) is 18.2 Å². The van der Waals surface area contributed by atoms with Gasteiger partial charge in [-0.2, -0.15) is 0 Å². The number of oxazole rings is 1. The lowest BCUT2D eigenvalue weighted by molar-refractivity contribution is 0.0727. The topological polar surface area (TPSA) is 74.0 Å². The number of rotatable bonds is 3. The van der Waals surface area contributed by atoms with E-state index in [9.17, 15) is 4.79 Å². The summed E-state index contributed by atoms with van der Waals surface area (Å²) in [5, 5.41) is 0. The molecule has 7 heteroatoms. The second-order valence-corrected chi connectivity index (χ2v) is 5.46. The van der Waals surface area contributed by atoms with Crippen molar-refractivity contribution in [3.8, 4) is 11.5 Å². The molecule has 7 nitrogen and oxygen atoms in total. The molecular weight excluding hydrogens is 300 g/mol. The zero-order chi connectivity index (χ0) is 15.8. The van der Waals surface area contributed by atoms with Crippen molar-refractivity contribution in [2.75, 3.05) is 20.4 Å². The molecule has 0 saturated heterocycles. The second kappa shape index (κ2) is 5.58. The van der Waals surface area contributed by atoms with Crippen LogP contribution in [-0.2, 0) is 24.3 Å². The predicted molar refractivity (Wildman–Crippen MR) is 78.2 cm³/mol. The molecule has 23 heavy (non-hydrogen) atoms. The summed E-state index contributed by atoms with van der Waals surface area (Å²) in [5.74, 6) is 2.62. The molecule has 0 aliphatic carbocycles. The van der Waals surface area contributed by atoms with Crippen LogP contribution in [0.15, 0.2) is 22.6 Å². The summed E-state index contributed by atoms with van der Waals surface area (Å²) in [5.41, 5.74) is 1.38. The molecule has 4 rings (SSSR count). The van der Waals surface area contributed by atoms with Crippen molar-refractivity contribution in [3.63, 3.8) is 0 Å². The number of methoxy groups -OCH3 is 1. The molecule has 3 heterocycles. The van der Waals surface area contributed by atoms with Gasteiger partial charge in [0.05, 0.1) is 6.54 Å². The average Bonchev–Trinajstić information content (AvgIpc) is 3.18. The number of fused-ring (bicyclic) bond motifs is 2. The van der Waals surface area contributed by atoms with E-state index in [2.05, 4.69) is 4.98 Å². The van der Waals surface area contributed by atoms with E-state index in [1.165, 1.54) is 0 Å². The summed E-state index contributed by atoms with van der Waals surface area (Å²) < 4.78 is 21.3. The molecule has 0 fully saturated rings. The maximum atomic E-state index is 12.7. The van der Waals surface area contributed by atoms with Crippen molar-refractivity contribution in [3.05, 3.63) is 41.1 Å². The molecule has 2 aromatic rings. The van der Waals surface area contributed by atoms with Gasteiger partial charge >= 0.3 is 0 Å². The normalized spacial score (nSPS) is 15.6. The van der Waals surface area contributed by atoms with E-state index in [4.69, 9.17) is 18.6 Å². The van der Waals surface area contributed by atoms with Crippen molar-refractivity contribution in [1.82, 2.24) is 9.88 Å². The first-order chi connectivity index (χ1) is 11.2. The van der Waals surface area contributed by atoms with Crippen LogP contribution in [0.3, 0.4) is 0 Å². The van der Waals surface area contributed by atoms with Gasteiger partial charge < -0.3 is 23.5 Å². The van der Waals surface area contributed by atoms with Crippen LogP contribution in [-0.4, -0.2) is 36.2 Å². The monoisotopic (exact) mass is 316 g/mol. The number of benzene rings is 1. The Morgan fingerprint density at radius 2 is 2.22 bits per heavy atom. The van der Waals surface area contributed by atoms with Gasteiger partial charge in [0.2, 0.25) is 12.7 Å². The number of carbonyl (C=O) groups is 1. The van der Waals surface area contributed by atoms with Crippen LogP contribution in [0.5, 0.6) is 11.5 Å². The minimum absolute atomic E-state index is 0.0507. The van der Waals surface area contributed by atoms with Gasteiger partial charge in [-0.1, -0.05) is 0 Å². The fourth-order valence-electron chi connectivity index (χ4n) is 2.82. The maximum Gasteiger partial charge on any atom is 0.254 e. The van der Waals surface area contributed by atoms with E-state index in [1.807, 2.05) is 0 Å². The Hall–Kier alpha value is -2.54. The summed E-state index contributed by atoms with van der Waals surface area (Å²) in [6.45, 7) is 1.57. The Labute approximate surface area is 132 Å². The fraction of sp³-hybridized carbons (Fsp3) is 0.375. The quantitative estimate of drug-likeness (QED) is 0.859. The number of hydrogen-bond donors (Lipinski definition) is 0. The van der Waals surface area contributed by atoms with E-state index < -0.39 is 0 Å². The Balaban J connectivity index is 1.53. The lowest BCUT2D eigenvalue weighted by Crippen LogP contribution is -2.35.